The SMILES string of the molecule is C.Cc1c(O)c(Cc2ccc(N3CCC(O)C3)cc2)cc(Cc2ccc(N3CCC(O)C3)cc2)c1O. The number of β-amino-alcohol motifs (C(OH)–C–C–N with tert-alkyl or cyclic N) is 2. The second-order valence-corrected chi connectivity index (χ2v) is 9.98. The smallest absolute Gasteiger partial charge is 0.125 e. The number of hydrogen-bond acceptors (Lipinski definition) is 6. The molecular formula is C30H38N2O4. The molecule has 0 amide bonds. The van der Waals surface area contributed by atoms with Crippen LogP contribution < -0.4 is 9.80 Å². The van der Waals surface area contributed by atoms with Gasteiger partial charge in [0.1, 0.15) is 11.5 Å². The van der Waals surface area contributed by atoms with Crippen LogP contribution in [0.2, 0.25) is 0 Å². The largest absolute Gasteiger partial charge is 0.507 e. The fourth-order valence-corrected chi connectivity index (χ4v) is 5.25. The molecule has 5 rings (SSSR count). The zero-order valence-corrected chi connectivity index (χ0v) is 20.2. The molecule has 0 saturated carbocycles. The topological polar surface area (TPSA) is 87.4 Å². The van der Waals surface area contributed by atoms with Gasteiger partial charge in [0.05, 0.1) is 12.2 Å². The normalized spacial score (nSPS) is 19.5. The number of anilines is 2. The third-order valence-corrected chi connectivity index (χ3v) is 7.39. The van der Waals surface area contributed by atoms with Gasteiger partial charge in [-0.3, -0.25) is 0 Å². The molecule has 3 aromatic carbocycles. The van der Waals surface area contributed by atoms with Crippen LogP contribution in [0.1, 0.15) is 48.1 Å². The third kappa shape index (κ3) is 5.45. The van der Waals surface area contributed by atoms with Crippen molar-refractivity contribution in [3.05, 3.63) is 82.4 Å². The Morgan fingerprint density at radius 1 is 0.694 bits per heavy atom. The number of aromatic hydroxyl groups is 2. The molecule has 0 spiro atoms. The molecule has 6 heteroatoms. The van der Waals surface area contributed by atoms with E-state index in [2.05, 4.69) is 58.3 Å². The van der Waals surface area contributed by atoms with Gasteiger partial charge in [-0.15, -0.1) is 0 Å². The summed E-state index contributed by atoms with van der Waals surface area (Å²) < 4.78 is 0. The molecule has 0 bridgehead atoms. The van der Waals surface area contributed by atoms with Crippen molar-refractivity contribution in [3.63, 3.8) is 0 Å². The summed E-state index contributed by atoms with van der Waals surface area (Å²) >= 11 is 0. The van der Waals surface area contributed by atoms with Crippen LogP contribution in [-0.4, -0.2) is 58.8 Å². The molecule has 2 saturated heterocycles. The minimum Gasteiger partial charge on any atom is -0.507 e. The molecule has 2 fully saturated rings. The standard InChI is InChI=1S/C29H34N2O4.CH4/c1-19-28(34)22(14-20-2-6-24(7-3-20)30-12-10-26(32)17-30)16-23(29(19)35)15-21-4-8-25(9-5-21)31-13-11-27(33)18-31;/h2-9,16,26-27,32-35H,10-15,17-18H2,1H3;1H4. The number of nitrogens with zero attached hydrogens (tertiary/aromatic N) is 2. The van der Waals surface area contributed by atoms with Gasteiger partial charge >= 0.3 is 0 Å². The second kappa shape index (κ2) is 10.8. The predicted octanol–water partition coefficient (Wildman–Crippen LogP) is 4.37. The summed E-state index contributed by atoms with van der Waals surface area (Å²) in [7, 11) is 0. The van der Waals surface area contributed by atoms with Crippen molar-refractivity contribution >= 4 is 11.4 Å². The highest BCUT2D eigenvalue weighted by Gasteiger charge is 2.21. The fraction of sp³-hybridized carbons (Fsp3) is 0.400. The first-order valence-corrected chi connectivity index (χ1v) is 12.4. The van der Waals surface area contributed by atoms with E-state index in [1.165, 1.54) is 0 Å². The zero-order valence-electron chi connectivity index (χ0n) is 20.2. The summed E-state index contributed by atoms with van der Waals surface area (Å²) in [5.74, 6) is 0.280. The van der Waals surface area contributed by atoms with Crippen molar-refractivity contribution in [3.8, 4) is 11.5 Å². The Morgan fingerprint density at radius 2 is 1.08 bits per heavy atom. The maximum Gasteiger partial charge on any atom is 0.125 e. The number of phenolic OH excluding ortho intramolecular Hbond substituents is 2. The zero-order chi connectivity index (χ0) is 24.5. The molecule has 0 aliphatic carbocycles. The maximum atomic E-state index is 10.7. The highest BCUT2D eigenvalue weighted by Crippen LogP contribution is 2.36. The molecule has 4 N–H and O–H groups in total. The van der Waals surface area contributed by atoms with E-state index in [-0.39, 0.29) is 31.1 Å². The Morgan fingerprint density at radius 3 is 1.42 bits per heavy atom. The molecule has 2 unspecified atom stereocenters. The Balaban J connectivity index is 0.00000304. The highest BCUT2D eigenvalue weighted by molar-refractivity contribution is 5.56. The van der Waals surface area contributed by atoms with Gasteiger partial charge in [-0.25, -0.2) is 0 Å². The lowest BCUT2D eigenvalue weighted by atomic mass is 9.94. The van der Waals surface area contributed by atoms with Gasteiger partial charge in [-0.2, -0.15) is 0 Å². The molecule has 36 heavy (non-hydrogen) atoms. The van der Waals surface area contributed by atoms with Gasteiger partial charge in [-0.05, 0) is 72.4 Å². The summed E-state index contributed by atoms with van der Waals surface area (Å²) in [4.78, 5) is 4.37. The Kier molecular flexibility index (Phi) is 7.76. The number of phenols is 2. The van der Waals surface area contributed by atoms with E-state index >= 15 is 0 Å². The quantitative estimate of drug-likeness (QED) is 0.411. The van der Waals surface area contributed by atoms with Crippen LogP contribution in [0.25, 0.3) is 0 Å². The number of rotatable bonds is 6. The highest BCUT2D eigenvalue weighted by atomic mass is 16.3. The van der Waals surface area contributed by atoms with Crippen LogP contribution in [0, 0.1) is 6.92 Å². The Labute approximate surface area is 214 Å². The monoisotopic (exact) mass is 490 g/mol. The van der Waals surface area contributed by atoms with Crippen LogP contribution in [0.15, 0.2) is 54.6 Å². The van der Waals surface area contributed by atoms with Gasteiger partial charge in [0.15, 0.2) is 0 Å². The predicted molar refractivity (Wildman–Crippen MR) is 145 cm³/mol. The van der Waals surface area contributed by atoms with E-state index in [1.54, 1.807) is 6.92 Å². The molecule has 6 nitrogen and oxygen atoms in total. The molecule has 192 valence electrons. The Bertz CT molecular complexity index is 1090. The minimum absolute atomic E-state index is 0. The average molecular weight is 491 g/mol. The van der Waals surface area contributed by atoms with E-state index in [9.17, 15) is 20.4 Å². The van der Waals surface area contributed by atoms with Gasteiger partial charge in [0.25, 0.3) is 0 Å². The van der Waals surface area contributed by atoms with Gasteiger partial charge in [0, 0.05) is 56.0 Å². The molecular weight excluding hydrogens is 452 g/mol. The van der Waals surface area contributed by atoms with Crippen LogP contribution in [0.4, 0.5) is 11.4 Å². The van der Waals surface area contributed by atoms with Crippen LogP contribution in [-0.2, 0) is 12.8 Å². The molecule has 2 aliphatic heterocycles. The van der Waals surface area contributed by atoms with Crippen molar-refractivity contribution in [2.24, 2.45) is 0 Å². The summed E-state index contributed by atoms with van der Waals surface area (Å²) in [6.45, 7) is 4.82. The van der Waals surface area contributed by atoms with Crippen molar-refractivity contribution in [1.82, 2.24) is 0 Å². The average Bonchev–Trinajstić information content (AvgIpc) is 3.50. The van der Waals surface area contributed by atoms with Crippen LogP contribution in [0.3, 0.4) is 0 Å². The molecule has 0 aromatic heterocycles. The lowest BCUT2D eigenvalue weighted by Gasteiger charge is -2.19. The van der Waals surface area contributed by atoms with Gasteiger partial charge in [0.2, 0.25) is 0 Å². The lowest BCUT2D eigenvalue weighted by Crippen LogP contribution is -2.20. The number of aliphatic hydroxyl groups excluding tert-OH is 2. The molecule has 3 aromatic rings. The second-order valence-electron chi connectivity index (χ2n) is 9.98. The summed E-state index contributed by atoms with van der Waals surface area (Å²) in [6, 6.07) is 18.4. The molecule has 2 aliphatic rings. The van der Waals surface area contributed by atoms with Gasteiger partial charge < -0.3 is 30.2 Å². The molecule has 0 radical (unpaired) electrons. The van der Waals surface area contributed by atoms with E-state index in [4.69, 9.17) is 0 Å². The van der Waals surface area contributed by atoms with E-state index in [0.717, 1.165) is 59.6 Å². The van der Waals surface area contributed by atoms with E-state index in [0.29, 0.717) is 31.5 Å². The first-order chi connectivity index (χ1) is 16.9. The fourth-order valence-electron chi connectivity index (χ4n) is 5.25. The first-order valence-electron chi connectivity index (χ1n) is 12.4. The van der Waals surface area contributed by atoms with Crippen molar-refractivity contribution in [2.75, 3.05) is 36.0 Å². The van der Waals surface area contributed by atoms with Gasteiger partial charge in [-0.1, -0.05) is 31.7 Å². The Hall–Kier alpha value is -3.22. The minimum atomic E-state index is -0.255. The van der Waals surface area contributed by atoms with Crippen molar-refractivity contribution in [2.45, 2.75) is 52.2 Å². The van der Waals surface area contributed by atoms with E-state index in [1.807, 2.05) is 6.07 Å². The number of hydrogen-bond donors (Lipinski definition) is 4. The van der Waals surface area contributed by atoms with Crippen molar-refractivity contribution < 1.29 is 20.4 Å². The lowest BCUT2D eigenvalue weighted by molar-refractivity contribution is 0.198. The van der Waals surface area contributed by atoms with Crippen molar-refractivity contribution in [1.29, 1.82) is 0 Å². The number of benzene rings is 3. The molecule has 2 atom stereocenters. The molecule has 2 heterocycles. The summed E-state index contributed by atoms with van der Waals surface area (Å²) in [5, 5.41) is 41.1. The summed E-state index contributed by atoms with van der Waals surface area (Å²) in [5.41, 5.74) is 6.45. The van der Waals surface area contributed by atoms with Crippen LogP contribution in [0.5, 0.6) is 11.5 Å². The van der Waals surface area contributed by atoms with E-state index < -0.39 is 0 Å². The maximum absolute atomic E-state index is 10.7. The van der Waals surface area contributed by atoms with Crippen LogP contribution >= 0.6 is 0 Å². The summed E-state index contributed by atoms with van der Waals surface area (Å²) in [6.07, 6.45) is 2.23. The third-order valence-electron chi connectivity index (χ3n) is 7.39. The first kappa shape index (κ1) is 25.9. The number of aliphatic hydroxyl groups is 2.